The van der Waals surface area contributed by atoms with E-state index in [1.807, 2.05) is 12.3 Å². The van der Waals surface area contributed by atoms with Gasteiger partial charge >= 0.3 is 0 Å². The molecule has 3 unspecified atom stereocenters. The quantitative estimate of drug-likeness (QED) is 0.884. The van der Waals surface area contributed by atoms with Gasteiger partial charge in [-0.2, -0.15) is 0 Å². The molecule has 1 fully saturated rings. The average Bonchev–Trinajstić information content (AvgIpc) is 3.12. The van der Waals surface area contributed by atoms with Gasteiger partial charge in [0.15, 0.2) is 0 Å². The van der Waals surface area contributed by atoms with Crippen LogP contribution in [0.1, 0.15) is 31.9 Å². The van der Waals surface area contributed by atoms with Crippen LogP contribution in [0.2, 0.25) is 0 Å². The highest BCUT2D eigenvalue weighted by molar-refractivity contribution is 5.82. The zero-order valence-electron chi connectivity index (χ0n) is 11.1. The Morgan fingerprint density at radius 1 is 1.33 bits per heavy atom. The molecule has 0 amide bonds. The lowest BCUT2D eigenvalue weighted by Crippen LogP contribution is -2.23. The van der Waals surface area contributed by atoms with Gasteiger partial charge in [0.2, 0.25) is 0 Å². The number of rotatable bonds is 4. The third kappa shape index (κ3) is 2.01. The van der Waals surface area contributed by atoms with Crippen LogP contribution in [0.25, 0.3) is 10.9 Å². The number of hydrogen-bond donors (Lipinski definition) is 1. The Hall–Kier alpha value is -1.41. The zero-order chi connectivity index (χ0) is 12.5. The first-order valence-electron chi connectivity index (χ1n) is 6.88. The van der Waals surface area contributed by atoms with Gasteiger partial charge in [0.05, 0.1) is 5.52 Å². The Morgan fingerprint density at radius 2 is 2.17 bits per heavy atom. The highest BCUT2D eigenvalue weighted by Gasteiger charge is 2.40. The predicted octanol–water partition coefficient (Wildman–Crippen LogP) is 3.54. The molecule has 0 spiro atoms. The number of nitrogens with zero attached hydrogens (tertiary/aromatic N) is 1. The number of nitrogens with one attached hydrogen (secondary N) is 1. The van der Waals surface area contributed by atoms with Crippen molar-refractivity contribution in [3.8, 4) is 0 Å². The molecule has 2 nitrogen and oxygen atoms in total. The van der Waals surface area contributed by atoms with Gasteiger partial charge in [0.25, 0.3) is 0 Å². The third-order valence-electron chi connectivity index (χ3n) is 4.04. The molecule has 0 bridgehead atoms. The molecule has 2 aromatic rings. The maximum Gasteiger partial charge on any atom is 0.0705 e. The lowest BCUT2D eigenvalue weighted by molar-refractivity contribution is 0.478. The van der Waals surface area contributed by atoms with Gasteiger partial charge in [-0.25, -0.2) is 0 Å². The molecule has 0 radical (unpaired) electrons. The van der Waals surface area contributed by atoms with Gasteiger partial charge < -0.3 is 5.32 Å². The normalized spacial score (nSPS) is 24.1. The Morgan fingerprint density at radius 3 is 2.89 bits per heavy atom. The van der Waals surface area contributed by atoms with Crippen molar-refractivity contribution < 1.29 is 0 Å². The summed E-state index contributed by atoms with van der Waals surface area (Å²) in [5, 5.41) is 4.95. The van der Waals surface area contributed by atoms with E-state index in [1.165, 1.54) is 17.4 Å². The Bertz CT molecular complexity index is 544. The maximum absolute atomic E-state index is 4.46. The zero-order valence-corrected chi connectivity index (χ0v) is 11.1. The molecule has 18 heavy (non-hydrogen) atoms. The minimum Gasteiger partial charge on any atom is -0.310 e. The van der Waals surface area contributed by atoms with Crippen molar-refractivity contribution in [2.45, 2.75) is 26.3 Å². The minimum absolute atomic E-state index is 0.484. The average molecular weight is 240 g/mol. The molecule has 0 aliphatic heterocycles. The predicted molar refractivity (Wildman–Crippen MR) is 75.4 cm³/mol. The summed E-state index contributed by atoms with van der Waals surface area (Å²) in [6.07, 6.45) is 3.21. The van der Waals surface area contributed by atoms with Crippen LogP contribution >= 0.6 is 0 Å². The molecule has 1 N–H and O–H groups in total. The molecule has 1 aliphatic carbocycles. The Balaban J connectivity index is 2.05. The van der Waals surface area contributed by atoms with Crippen molar-refractivity contribution in [1.29, 1.82) is 0 Å². The number of fused-ring (bicyclic) bond motifs is 1. The molecule has 1 saturated carbocycles. The van der Waals surface area contributed by atoms with E-state index >= 15 is 0 Å². The van der Waals surface area contributed by atoms with E-state index in [-0.39, 0.29) is 0 Å². The molecular weight excluding hydrogens is 220 g/mol. The molecule has 1 aromatic carbocycles. The summed E-state index contributed by atoms with van der Waals surface area (Å²) in [7, 11) is 0. The topological polar surface area (TPSA) is 24.9 Å². The molecular formula is C16H20N2. The number of benzene rings is 1. The highest BCUT2D eigenvalue weighted by Crippen LogP contribution is 2.47. The summed E-state index contributed by atoms with van der Waals surface area (Å²) in [6.45, 7) is 5.55. The van der Waals surface area contributed by atoms with Crippen LogP contribution < -0.4 is 5.32 Å². The van der Waals surface area contributed by atoms with Crippen molar-refractivity contribution in [2.24, 2.45) is 11.8 Å². The van der Waals surface area contributed by atoms with Crippen molar-refractivity contribution in [3.63, 3.8) is 0 Å². The summed E-state index contributed by atoms with van der Waals surface area (Å²) < 4.78 is 0. The van der Waals surface area contributed by atoms with Gasteiger partial charge in [0.1, 0.15) is 0 Å². The van der Waals surface area contributed by atoms with E-state index < -0.39 is 0 Å². The highest BCUT2D eigenvalue weighted by atomic mass is 14.9. The molecule has 1 aromatic heterocycles. The van der Waals surface area contributed by atoms with Crippen LogP contribution in [0.15, 0.2) is 36.5 Å². The molecule has 0 saturated heterocycles. The second-order valence-corrected chi connectivity index (χ2v) is 5.33. The summed E-state index contributed by atoms with van der Waals surface area (Å²) in [6, 6.07) is 11.2. The first kappa shape index (κ1) is 11.7. The van der Waals surface area contributed by atoms with Crippen molar-refractivity contribution in [2.75, 3.05) is 6.54 Å². The SMILES string of the molecule is CCNC(c1cccc2ncccc12)C1CC1C. The van der Waals surface area contributed by atoms with Crippen molar-refractivity contribution in [3.05, 3.63) is 42.1 Å². The third-order valence-corrected chi connectivity index (χ3v) is 4.04. The van der Waals surface area contributed by atoms with E-state index in [2.05, 4.69) is 48.4 Å². The number of pyridine rings is 1. The first-order valence-corrected chi connectivity index (χ1v) is 6.88. The van der Waals surface area contributed by atoms with Crippen molar-refractivity contribution >= 4 is 10.9 Å². The molecule has 1 heterocycles. The first-order chi connectivity index (χ1) is 8.81. The van der Waals surface area contributed by atoms with Crippen LogP contribution in [0.3, 0.4) is 0 Å². The van der Waals surface area contributed by atoms with Gasteiger partial charge in [-0.3, -0.25) is 4.98 Å². The maximum atomic E-state index is 4.46. The van der Waals surface area contributed by atoms with Gasteiger partial charge in [-0.1, -0.05) is 32.0 Å². The van der Waals surface area contributed by atoms with E-state index in [9.17, 15) is 0 Å². The van der Waals surface area contributed by atoms with Crippen LogP contribution in [0.4, 0.5) is 0 Å². The summed E-state index contributed by atoms with van der Waals surface area (Å²) >= 11 is 0. The molecule has 3 rings (SSSR count). The fourth-order valence-electron chi connectivity index (χ4n) is 2.93. The fraction of sp³-hybridized carbons (Fsp3) is 0.438. The fourth-order valence-corrected chi connectivity index (χ4v) is 2.93. The van der Waals surface area contributed by atoms with Crippen molar-refractivity contribution in [1.82, 2.24) is 10.3 Å². The molecule has 2 heteroatoms. The van der Waals surface area contributed by atoms with E-state index in [0.29, 0.717) is 6.04 Å². The lowest BCUT2D eigenvalue weighted by atomic mass is 9.97. The summed E-state index contributed by atoms with van der Waals surface area (Å²) in [4.78, 5) is 4.46. The van der Waals surface area contributed by atoms with Crippen LogP contribution in [-0.2, 0) is 0 Å². The van der Waals surface area contributed by atoms with Crippen LogP contribution in [0.5, 0.6) is 0 Å². The minimum atomic E-state index is 0.484. The monoisotopic (exact) mass is 240 g/mol. The molecule has 3 atom stereocenters. The Labute approximate surface area is 108 Å². The summed E-state index contributed by atoms with van der Waals surface area (Å²) in [5.74, 6) is 1.64. The Kier molecular flexibility index (Phi) is 3.04. The standard InChI is InChI=1S/C16H20N2/c1-3-17-16(14-10-11(14)2)13-6-4-8-15-12(13)7-5-9-18-15/h4-9,11,14,16-17H,3,10H2,1-2H3. The van der Waals surface area contributed by atoms with E-state index in [0.717, 1.165) is 23.9 Å². The lowest BCUT2D eigenvalue weighted by Gasteiger charge is -2.20. The molecule has 94 valence electrons. The largest absolute Gasteiger partial charge is 0.310 e. The summed E-state index contributed by atoms with van der Waals surface area (Å²) in [5.41, 5.74) is 2.52. The van der Waals surface area contributed by atoms with Crippen LogP contribution in [0, 0.1) is 11.8 Å². The number of aromatic nitrogens is 1. The second kappa shape index (κ2) is 4.69. The molecule has 1 aliphatic rings. The van der Waals surface area contributed by atoms with Gasteiger partial charge in [-0.15, -0.1) is 0 Å². The van der Waals surface area contributed by atoms with Crippen LogP contribution in [-0.4, -0.2) is 11.5 Å². The van der Waals surface area contributed by atoms with Gasteiger partial charge in [-0.05, 0) is 42.5 Å². The van der Waals surface area contributed by atoms with E-state index in [4.69, 9.17) is 0 Å². The number of hydrogen-bond acceptors (Lipinski definition) is 2. The van der Waals surface area contributed by atoms with E-state index in [1.54, 1.807) is 0 Å². The van der Waals surface area contributed by atoms with Gasteiger partial charge in [0, 0.05) is 17.6 Å². The second-order valence-electron chi connectivity index (χ2n) is 5.33. The smallest absolute Gasteiger partial charge is 0.0705 e.